The van der Waals surface area contributed by atoms with Gasteiger partial charge in [-0.05, 0) is 0 Å². The highest BCUT2D eigenvalue weighted by atomic mass is 32.1. The molecule has 1 aromatic heterocycles. The largest absolute Gasteiger partial charge is 0.391 e. The van der Waals surface area contributed by atoms with Gasteiger partial charge in [0, 0.05) is 30.1 Å². The summed E-state index contributed by atoms with van der Waals surface area (Å²) in [6.45, 7) is 1.59. The highest BCUT2D eigenvalue weighted by Crippen LogP contribution is 2.25. The van der Waals surface area contributed by atoms with Gasteiger partial charge in [0.2, 0.25) is 0 Å². The van der Waals surface area contributed by atoms with Gasteiger partial charge in [-0.3, -0.25) is 4.98 Å². The number of thiazole rings is 1. The molecule has 1 aliphatic rings. The summed E-state index contributed by atoms with van der Waals surface area (Å²) in [6.07, 6.45) is 1.61. The van der Waals surface area contributed by atoms with E-state index in [0.717, 1.165) is 6.54 Å². The van der Waals surface area contributed by atoms with Crippen molar-refractivity contribution in [2.45, 2.75) is 12.0 Å². The molecule has 2 rings (SSSR count). The Labute approximate surface area is 69.1 Å². The summed E-state index contributed by atoms with van der Waals surface area (Å²) < 4.78 is 0. The summed E-state index contributed by atoms with van der Waals surface area (Å²) >= 11 is 1.61. The van der Waals surface area contributed by atoms with Crippen molar-refractivity contribution in [3.05, 3.63) is 16.6 Å². The molecular formula is C7H10N2OS. The molecule has 2 heterocycles. The highest BCUT2D eigenvalue weighted by Gasteiger charge is 2.27. The molecule has 1 aromatic rings. The number of β-amino-alcohol motifs (C(OH)–C–C–N with tert-alkyl or cyclic N) is 1. The number of aliphatic hydroxyl groups is 1. The molecule has 2 atom stereocenters. The molecule has 11 heavy (non-hydrogen) atoms. The van der Waals surface area contributed by atoms with E-state index >= 15 is 0 Å². The number of nitrogens with one attached hydrogen (secondary N) is 1. The number of hydrogen-bond acceptors (Lipinski definition) is 4. The molecule has 0 bridgehead atoms. The summed E-state index contributed by atoms with van der Waals surface area (Å²) in [4.78, 5) is 5.16. The first-order valence-corrected chi connectivity index (χ1v) is 4.53. The number of rotatable bonds is 1. The third-order valence-electron chi connectivity index (χ3n) is 2.00. The predicted molar refractivity (Wildman–Crippen MR) is 43.7 cm³/mol. The van der Waals surface area contributed by atoms with Gasteiger partial charge in [0.15, 0.2) is 0 Å². The Morgan fingerprint density at radius 3 is 3.09 bits per heavy atom. The minimum Gasteiger partial charge on any atom is -0.391 e. The van der Waals surface area contributed by atoms with Crippen LogP contribution < -0.4 is 5.32 Å². The predicted octanol–water partition coefficient (Wildman–Crippen LogP) is 0.191. The molecule has 3 nitrogen and oxygen atoms in total. The standard InChI is InChI=1S/C7H10N2OS/c10-6-2-8-1-5(6)7-3-9-4-11-7/h3-6,8,10H,1-2H2. The second-order valence-corrected chi connectivity index (χ2v) is 3.65. The number of aromatic nitrogens is 1. The van der Waals surface area contributed by atoms with Crippen LogP contribution in [0.3, 0.4) is 0 Å². The zero-order valence-electron chi connectivity index (χ0n) is 6.03. The maximum atomic E-state index is 9.48. The van der Waals surface area contributed by atoms with Gasteiger partial charge in [-0.2, -0.15) is 0 Å². The lowest BCUT2D eigenvalue weighted by Gasteiger charge is -2.08. The summed E-state index contributed by atoms with van der Waals surface area (Å²) in [5.74, 6) is 0.266. The Hall–Kier alpha value is -0.450. The molecule has 60 valence electrons. The Kier molecular flexibility index (Phi) is 1.89. The van der Waals surface area contributed by atoms with Gasteiger partial charge >= 0.3 is 0 Å². The van der Waals surface area contributed by atoms with E-state index in [0.29, 0.717) is 6.54 Å². The van der Waals surface area contributed by atoms with Gasteiger partial charge in [0.1, 0.15) is 0 Å². The van der Waals surface area contributed by atoms with Crippen molar-refractivity contribution in [2.24, 2.45) is 0 Å². The molecule has 0 aromatic carbocycles. The lowest BCUT2D eigenvalue weighted by atomic mass is 10.1. The highest BCUT2D eigenvalue weighted by molar-refractivity contribution is 7.09. The molecule has 2 N–H and O–H groups in total. The molecule has 0 radical (unpaired) electrons. The van der Waals surface area contributed by atoms with E-state index in [1.165, 1.54) is 4.88 Å². The number of aliphatic hydroxyl groups excluding tert-OH is 1. The van der Waals surface area contributed by atoms with E-state index in [2.05, 4.69) is 10.3 Å². The normalized spacial score (nSPS) is 31.0. The van der Waals surface area contributed by atoms with Gasteiger partial charge in [-0.1, -0.05) is 0 Å². The van der Waals surface area contributed by atoms with Crippen LogP contribution in [-0.4, -0.2) is 29.3 Å². The smallest absolute Gasteiger partial charge is 0.0794 e. The van der Waals surface area contributed by atoms with Gasteiger partial charge < -0.3 is 10.4 Å². The SMILES string of the molecule is OC1CNCC1c1cncs1. The van der Waals surface area contributed by atoms with E-state index in [9.17, 15) is 5.11 Å². The molecule has 0 aliphatic carbocycles. The van der Waals surface area contributed by atoms with Gasteiger partial charge in [-0.25, -0.2) is 0 Å². The van der Waals surface area contributed by atoms with Crippen molar-refractivity contribution < 1.29 is 5.11 Å². The van der Waals surface area contributed by atoms with Crippen molar-refractivity contribution >= 4 is 11.3 Å². The zero-order valence-corrected chi connectivity index (χ0v) is 6.84. The van der Waals surface area contributed by atoms with Crippen molar-refractivity contribution in [1.82, 2.24) is 10.3 Å². The molecular weight excluding hydrogens is 160 g/mol. The summed E-state index contributed by atoms with van der Waals surface area (Å²) in [7, 11) is 0. The average Bonchev–Trinajstić information content (AvgIpc) is 2.55. The van der Waals surface area contributed by atoms with Crippen LogP contribution in [0.15, 0.2) is 11.7 Å². The van der Waals surface area contributed by atoms with E-state index in [1.54, 1.807) is 16.8 Å². The van der Waals surface area contributed by atoms with Crippen LogP contribution in [0.5, 0.6) is 0 Å². The molecule has 1 aliphatic heterocycles. The topological polar surface area (TPSA) is 45.1 Å². The second-order valence-electron chi connectivity index (χ2n) is 2.74. The monoisotopic (exact) mass is 170 g/mol. The van der Waals surface area contributed by atoms with Gasteiger partial charge in [0.05, 0.1) is 11.6 Å². The summed E-state index contributed by atoms with van der Waals surface area (Å²) in [5, 5.41) is 12.6. The average molecular weight is 170 g/mol. The van der Waals surface area contributed by atoms with Crippen molar-refractivity contribution in [2.75, 3.05) is 13.1 Å². The Balaban J connectivity index is 2.16. The molecule has 1 saturated heterocycles. The number of hydrogen-bond donors (Lipinski definition) is 2. The fourth-order valence-electron chi connectivity index (χ4n) is 1.36. The number of nitrogens with zero attached hydrogens (tertiary/aromatic N) is 1. The fourth-order valence-corrected chi connectivity index (χ4v) is 2.14. The maximum Gasteiger partial charge on any atom is 0.0794 e. The minimum atomic E-state index is -0.226. The quantitative estimate of drug-likeness (QED) is 0.632. The lowest BCUT2D eigenvalue weighted by Crippen LogP contribution is -2.15. The van der Waals surface area contributed by atoms with E-state index in [1.807, 2.05) is 6.20 Å². The third kappa shape index (κ3) is 1.29. The molecule has 2 unspecified atom stereocenters. The molecule has 0 saturated carbocycles. The van der Waals surface area contributed by atoms with Crippen LogP contribution in [0.4, 0.5) is 0 Å². The van der Waals surface area contributed by atoms with Crippen LogP contribution in [0, 0.1) is 0 Å². The van der Waals surface area contributed by atoms with Crippen molar-refractivity contribution in [3.63, 3.8) is 0 Å². The summed E-state index contributed by atoms with van der Waals surface area (Å²) in [5.41, 5.74) is 1.81. The van der Waals surface area contributed by atoms with Crippen LogP contribution in [0.25, 0.3) is 0 Å². The van der Waals surface area contributed by atoms with Crippen LogP contribution >= 0.6 is 11.3 Å². The Bertz CT molecular complexity index is 224. The van der Waals surface area contributed by atoms with Crippen LogP contribution in [-0.2, 0) is 0 Å². The fraction of sp³-hybridized carbons (Fsp3) is 0.571. The first-order valence-electron chi connectivity index (χ1n) is 3.65. The second kappa shape index (κ2) is 2.89. The van der Waals surface area contributed by atoms with E-state index in [4.69, 9.17) is 0 Å². The Morgan fingerprint density at radius 1 is 1.64 bits per heavy atom. The molecule has 0 amide bonds. The maximum absolute atomic E-state index is 9.48. The molecule has 0 spiro atoms. The molecule has 1 fully saturated rings. The zero-order chi connectivity index (χ0) is 7.68. The first-order chi connectivity index (χ1) is 5.38. The van der Waals surface area contributed by atoms with Gasteiger partial charge in [0.25, 0.3) is 0 Å². The summed E-state index contributed by atoms with van der Waals surface area (Å²) in [6, 6.07) is 0. The third-order valence-corrected chi connectivity index (χ3v) is 2.91. The van der Waals surface area contributed by atoms with Crippen LogP contribution in [0.2, 0.25) is 0 Å². The van der Waals surface area contributed by atoms with Crippen molar-refractivity contribution in [3.8, 4) is 0 Å². The van der Waals surface area contributed by atoms with Gasteiger partial charge in [-0.15, -0.1) is 11.3 Å². The first kappa shape index (κ1) is 7.21. The minimum absolute atomic E-state index is 0.226. The Morgan fingerprint density at radius 2 is 2.55 bits per heavy atom. The van der Waals surface area contributed by atoms with E-state index < -0.39 is 0 Å². The van der Waals surface area contributed by atoms with Crippen LogP contribution in [0.1, 0.15) is 10.8 Å². The lowest BCUT2D eigenvalue weighted by molar-refractivity contribution is 0.179. The molecule has 4 heteroatoms. The van der Waals surface area contributed by atoms with E-state index in [-0.39, 0.29) is 12.0 Å². The van der Waals surface area contributed by atoms with Crippen molar-refractivity contribution in [1.29, 1.82) is 0 Å².